The number of nitrogens with zero attached hydrogens (tertiary/aromatic N) is 1. The van der Waals surface area contributed by atoms with Crippen LogP contribution in [0.1, 0.15) is 44.7 Å². The maximum Gasteiger partial charge on any atom is 0.128 e. The Morgan fingerprint density at radius 1 is 1.28 bits per heavy atom. The molecule has 1 aromatic rings. The molecule has 18 heavy (non-hydrogen) atoms. The molecule has 1 aromatic carbocycles. The van der Waals surface area contributed by atoms with E-state index in [0.717, 1.165) is 12.2 Å². The summed E-state index contributed by atoms with van der Waals surface area (Å²) in [6.45, 7) is 6.62. The topological polar surface area (TPSA) is 32.7 Å². The van der Waals surface area contributed by atoms with Crippen LogP contribution in [0, 0.1) is 0 Å². The van der Waals surface area contributed by atoms with Crippen molar-refractivity contribution < 1.29 is 9.84 Å². The van der Waals surface area contributed by atoms with Crippen LogP contribution in [-0.4, -0.2) is 28.7 Å². The first kappa shape index (κ1) is 11.8. The van der Waals surface area contributed by atoms with Gasteiger partial charge in [-0.3, -0.25) is 4.90 Å². The highest BCUT2D eigenvalue weighted by molar-refractivity contribution is 5.44. The third-order valence-electron chi connectivity index (χ3n) is 4.01. The molecule has 98 valence electrons. The highest BCUT2D eigenvalue weighted by Gasteiger charge is 2.37. The third kappa shape index (κ3) is 2.07. The predicted octanol–water partition coefficient (Wildman–Crippen LogP) is 3.09. The Hall–Kier alpha value is -1.22. The van der Waals surface area contributed by atoms with E-state index in [-0.39, 0.29) is 11.4 Å². The van der Waals surface area contributed by atoms with Crippen molar-refractivity contribution in [2.45, 2.75) is 44.8 Å². The number of phenolic OH excluding ortho intramolecular Hbond substituents is 1. The smallest absolute Gasteiger partial charge is 0.128 e. The summed E-state index contributed by atoms with van der Waals surface area (Å²) < 4.78 is 6.00. The van der Waals surface area contributed by atoms with Gasteiger partial charge in [0.1, 0.15) is 17.1 Å². The number of hydrogen-bond donors (Lipinski definition) is 1. The molecular weight excluding hydrogens is 226 g/mol. The lowest BCUT2D eigenvalue weighted by atomic mass is 9.88. The molecular formula is C15H21NO2. The van der Waals surface area contributed by atoms with E-state index in [4.69, 9.17) is 4.74 Å². The van der Waals surface area contributed by atoms with E-state index in [0.29, 0.717) is 6.04 Å². The highest BCUT2D eigenvalue weighted by atomic mass is 16.5. The zero-order valence-electron chi connectivity index (χ0n) is 11.1. The molecule has 1 unspecified atom stereocenters. The number of aromatic hydroxyl groups is 1. The summed E-state index contributed by atoms with van der Waals surface area (Å²) >= 11 is 0. The van der Waals surface area contributed by atoms with Gasteiger partial charge >= 0.3 is 0 Å². The van der Waals surface area contributed by atoms with Crippen LogP contribution in [0.3, 0.4) is 0 Å². The van der Waals surface area contributed by atoms with Crippen molar-refractivity contribution in [2.75, 3.05) is 13.1 Å². The fourth-order valence-electron chi connectivity index (χ4n) is 3.18. The second kappa shape index (κ2) is 4.16. The van der Waals surface area contributed by atoms with E-state index in [1.807, 2.05) is 6.07 Å². The quantitative estimate of drug-likeness (QED) is 0.827. The lowest BCUT2D eigenvalue weighted by molar-refractivity contribution is 0.0365. The van der Waals surface area contributed by atoms with Gasteiger partial charge in [0.25, 0.3) is 0 Å². The van der Waals surface area contributed by atoms with Crippen molar-refractivity contribution in [2.24, 2.45) is 0 Å². The van der Waals surface area contributed by atoms with E-state index in [1.165, 1.54) is 31.5 Å². The normalized spacial score (nSPS) is 26.7. The lowest BCUT2D eigenvalue weighted by Gasteiger charge is -2.41. The summed E-state index contributed by atoms with van der Waals surface area (Å²) in [7, 11) is 0. The minimum absolute atomic E-state index is 0.159. The summed E-state index contributed by atoms with van der Waals surface area (Å²) in [5, 5.41) is 9.62. The first-order valence-corrected chi connectivity index (χ1v) is 6.81. The first-order chi connectivity index (χ1) is 8.55. The summed E-state index contributed by atoms with van der Waals surface area (Å²) in [6.07, 6.45) is 3.61. The monoisotopic (exact) mass is 247 g/mol. The minimum atomic E-state index is -0.159. The standard InChI is InChI=1S/C15H21NO2/c1-15(2)10-13(16-7-3-4-8-16)12-6-5-11(17)9-14(12)18-15/h5-6,9,13,17H,3-4,7-8,10H2,1-2H3. The summed E-state index contributed by atoms with van der Waals surface area (Å²) in [6, 6.07) is 5.97. The van der Waals surface area contributed by atoms with Crippen molar-refractivity contribution in [1.29, 1.82) is 0 Å². The fourth-order valence-corrected chi connectivity index (χ4v) is 3.18. The molecule has 1 fully saturated rings. The largest absolute Gasteiger partial charge is 0.508 e. The molecule has 2 heterocycles. The SMILES string of the molecule is CC1(C)CC(N2CCCC2)c2ccc(O)cc2O1. The zero-order chi connectivity index (χ0) is 12.8. The van der Waals surface area contributed by atoms with Gasteiger partial charge < -0.3 is 9.84 Å². The Kier molecular flexibility index (Phi) is 2.74. The molecule has 1 saturated heterocycles. The number of likely N-dealkylation sites (tertiary alicyclic amines) is 1. The Morgan fingerprint density at radius 2 is 2.00 bits per heavy atom. The van der Waals surface area contributed by atoms with Crippen LogP contribution in [0.5, 0.6) is 11.5 Å². The van der Waals surface area contributed by atoms with E-state index in [9.17, 15) is 5.11 Å². The molecule has 0 saturated carbocycles. The zero-order valence-corrected chi connectivity index (χ0v) is 11.1. The third-order valence-corrected chi connectivity index (χ3v) is 4.01. The Morgan fingerprint density at radius 3 is 2.72 bits per heavy atom. The molecule has 3 nitrogen and oxygen atoms in total. The van der Waals surface area contributed by atoms with E-state index < -0.39 is 0 Å². The van der Waals surface area contributed by atoms with Gasteiger partial charge in [0.05, 0.1) is 0 Å². The number of rotatable bonds is 1. The van der Waals surface area contributed by atoms with Gasteiger partial charge in [-0.25, -0.2) is 0 Å². The fraction of sp³-hybridized carbons (Fsp3) is 0.600. The number of ether oxygens (including phenoxy) is 1. The van der Waals surface area contributed by atoms with Gasteiger partial charge in [-0.2, -0.15) is 0 Å². The van der Waals surface area contributed by atoms with Gasteiger partial charge in [0.2, 0.25) is 0 Å². The van der Waals surface area contributed by atoms with Crippen molar-refractivity contribution >= 4 is 0 Å². The molecule has 0 bridgehead atoms. The van der Waals surface area contributed by atoms with E-state index in [2.05, 4.69) is 18.7 Å². The van der Waals surface area contributed by atoms with Gasteiger partial charge in [-0.05, 0) is 45.8 Å². The van der Waals surface area contributed by atoms with E-state index >= 15 is 0 Å². The molecule has 1 N–H and O–H groups in total. The molecule has 0 aromatic heterocycles. The number of benzene rings is 1. The molecule has 0 aliphatic carbocycles. The van der Waals surface area contributed by atoms with E-state index in [1.54, 1.807) is 12.1 Å². The van der Waals surface area contributed by atoms with Crippen LogP contribution in [-0.2, 0) is 0 Å². The average Bonchev–Trinajstić information content (AvgIpc) is 2.79. The summed E-state index contributed by atoms with van der Waals surface area (Å²) in [4.78, 5) is 2.56. The average molecular weight is 247 g/mol. The maximum atomic E-state index is 9.62. The lowest BCUT2D eigenvalue weighted by Crippen LogP contribution is -2.40. The van der Waals surface area contributed by atoms with Crippen molar-refractivity contribution in [3.63, 3.8) is 0 Å². The minimum Gasteiger partial charge on any atom is -0.508 e. The van der Waals surface area contributed by atoms with Crippen molar-refractivity contribution in [3.05, 3.63) is 23.8 Å². The molecule has 3 heteroatoms. The van der Waals surface area contributed by atoms with Crippen molar-refractivity contribution in [1.82, 2.24) is 4.90 Å². The van der Waals surface area contributed by atoms with Crippen molar-refractivity contribution in [3.8, 4) is 11.5 Å². The van der Waals surface area contributed by atoms with Crippen LogP contribution in [0.15, 0.2) is 18.2 Å². The Labute approximate surface area is 108 Å². The van der Waals surface area contributed by atoms with Gasteiger partial charge in [0.15, 0.2) is 0 Å². The Balaban J connectivity index is 1.99. The van der Waals surface area contributed by atoms with Gasteiger partial charge in [-0.1, -0.05) is 6.07 Å². The highest BCUT2D eigenvalue weighted by Crippen LogP contribution is 2.44. The predicted molar refractivity (Wildman–Crippen MR) is 71.0 cm³/mol. The van der Waals surface area contributed by atoms with Gasteiger partial charge in [0, 0.05) is 24.1 Å². The van der Waals surface area contributed by atoms with Crippen LogP contribution in [0.2, 0.25) is 0 Å². The number of fused-ring (bicyclic) bond motifs is 1. The second-order valence-electron chi connectivity index (χ2n) is 6.05. The van der Waals surface area contributed by atoms with Crippen LogP contribution < -0.4 is 4.74 Å². The molecule has 0 radical (unpaired) electrons. The summed E-state index contributed by atoms with van der Waals surface area (Å²) in [5.74, 6) is 1.13. The number of hydrogen-bond acceptors (Lipinski definition) is 3. The van der Waals surface area contributed by atoms with Gasteiger partial charge in [-0.15, -0.1) is 0 Å². The molecule has 2 aliphatic heterocycles. The number of phenols is 1. The second-order valence-corrected chi connectivity index (χ2v) is 6.05. The molecule has 0 spiro atoms. The maximum absolute atomic E-state index is 9.62. The molecule has 3 rings (SSSR count). The molecule has 0 amide bonds. The van der Waals surface area contributed by atoms with Crippen LogP contribution in [0.25, 0.3) is 0 Å². The Bertz CT molecular complexity index is 450. The van der Waals surface area contributed by atoms with Crippen LogP contribution in [0.4, 0.5) is 0 Å². The first-order valence-electron chi connectivity index (χ1n) is 6.81. The molecule has 1 atom stereocenters. The van der Waals surface area contributed by atoms with Crippen LogP contribution >= 0.6 is 0 Å². The summed E-state index contributed by atoms with van der Waals surface area (Å²) in [5.41, 5.74) is 1.07. The molecule has 2 aliphatic rings.